The van der Waals surface area contributed by atoms with E-state index in [9.17, 15) is 5.11 Å². The second-order valence-corrected chi connectivity index (χ2v) is 6.60. The van der Waals surface area contributed by atoms with Gasteiger partial charge in [0.15, 0.2) is 0 Å². The summed E-state index contributed by atoms with van der Waals surface area (Å²) in [5.41, 5.74) is 3.72. The van der Waals surface area contributed by atoms with Crippen LogP contribution in [-0.4, -0.2) is 5.11 Å². The molecule has 0 saturated heterocycles. The molecule has 112 valence electrons. The van der Waals surface area contributed by atoms with Gasteiger partial charge in [0.1, 0.15) is 5.75 Å². The van der Waals surface area contributed by atoms with Crippen molar-refractivity contribution in [3.8, 4) is 5.75 Å². The average molecular weight is 283 g/mol. The normalized spacial score (nSPS) is 13.1. The van der Waals surface area contributed by atoms with Crippen LogP contribution in [-0.2, 0) is 12.0 Å². The van der Waals surface area contributed by atoms with Crippen LogP contribution in [0.2, 0.25) is 0 Å². The van der Waals surface area contributed by atoms with Crippen LogP contribution < -0.4 is 5.32 Å². The lowest BCUT2D eigenvalue weighted by Crippen LogP contribution is -2.18. The molecule has 1 unspecified atom stereocenters. The fourth-order valence-electron chi connectivity index (χ4n) is 2.31. The monoisotopic (exact) mass is 283 g/mol. The highest BCUT2D eigenvalue weighted by Crippen LogP contribution is 2.24. The van der Waals surface area contributed by atoms with Crippen LogP contribution in [0.5, 0.6) is 5.75 Å². The molecule has 2 aromatic rings. The van der Waals surface area contributed by atoms with Crippen LogP contribution in [0.4, 0.5) is 0 Å². The van der Waals surface area contributed by atoms with Crippen molar-refractivity contribution in [2.45, 2.75) is 45.7 Å². The van der Waals surface area contributed by atoms with E-state index in [0.29, 0.717) is 12.3 Å². The number of benzene rings is 2. The van der Waals surface area contributed by atoms with Crippen molar-refractivity contribution in [1.82, 2.24) is 5.32 Å². The van der Waals surface area contributed by atoms with E-state index in [-0.39, 0.29) is 11.5 Å². The first kappa shape index (κ1) is 15.6. The van der Waals surface area contributed by atoms with Crippen molar-refractivity contribution in [2.24, 2.45) is 0 Å². The average Bonchev–Trinajstić information content (AvgIpc) is 2.45. The Morgan fingerprint density at radius 2 is 1.62 bits per heavy atom. The van der Waals surface area contributed by atoms with E-state index in [1.165, 1.54) is 11.1 Å². The third-order valence-electron chi connectivity index (χ3n) is 3.87. The Bertz CT molecular complexity index is 581. The molecule has 2 aromatic carbocycles. The van der Waals surface area contributed by atoms with E-state index < -0.39 is 0 Å². The van der Waals surface area contributed by atoms with Gasteiger partial charge in [0.05, 0.1) is 0 Å². The lowest BCUT2D eigenvalue weighted by molar-refractivity contribution is 0.460. The Labute approximate surface area is 127 Å². The van der Waals surface area contributed by atoms with E-state index in [2.05, 4.69) is 57.3 Å². The summed E-state index contributed by atoms with van der Waals surface area (Å²) >= 11 is 0. The fraction of sp³-hybridized carbons (Fsp3) is 0.368. The number of phenols is 1. The molecule has 0 spiro atoms. The highest BCUT2D eigenvalue weighted by molar-refractivity contribution is 5.32. The van der Waals surface area contributed by atoms with Gasteiger partial charge < -0.3 is 10.4 Å². The van der Waals surface area contributed by atoms with Gasteiger partial charge in [-0.15, -0.1) is 0 Å². The maximum absolute atomic E-state index is 9.78. The van der Waals surface area contributed by atoms with Gasteiger partial charge in [-0.2, -0.15) is 0 Å². The van der Waals surface area contributed by atoms with E-state index in [1.54, 1.807) is 6.07 Å². The summed E-state index contributed by atoms with van der Waals surface area (Å²) in [5.74, 6) is 0.347. The second-order valence-electron chi connectivity index (χ2n) is 6.60. The number of nitrogens with one attached hydrogen (secondary N) is 1. The molecule has 0 amide bonds. The standard InChI is InChI=1S/C19H25NO/c1-14(20-13-16-7-5-6-8-18(16)21)15-9-11-17(12-10-15)19(2,3)4/h5-12,14,20-21H,13H2,1-4H3. The molecule has 1 atom stereocenters. The molecule has 0 saturated carbocycles. The molecule has 0 radical (unpaired) electrons. The van der Waals surface area contributed by atoms with E-state index >= 15 is 0 Å². The van der Waals surface area contributed by atoms with Gasteiger partial charge in [-0.3, -0.25) is 0 Å². The molecule has 0 aliphatic carbocycles. The summed E-state index contributed by atoms with van der Waals surface area (Å²) in [5, 5.41) is 13.2. The summed E-state index contributed by atoms with van der Waals surface area (Å²) in [7, 11) is 0. The Morgan fingerprint density at radius 3 is 2.19 bits per heavy atom. The summed E-state index contributed by atoms with van der Waals surface area (Å²) in [4.78, 5) is 0. The Kier molecular flexibility index (Phi) is 4.69. The molecule has 0 heterocycles. The second kappa shape index (κ2) is 6.31. The van der Waals surface area contributed by atoms with E-state index in [0.717, 1.165) is 5.56 Å². The predicted octanol–water partition coefficient (Wildman–Crippen LogP) is 4.54. The van der Waals surface area contributed by atoms with Crippen LogP contribution in [0, 0.1) is 0 Å². The van der Waals surface area contributed by atoms with Gasteiger partial charge in [0, 0.05) is 18.2 Å². The Balaban J connectivity index is 2.01. The molecule has 21 heavy (non-hydrogen) atoms. The van der Waals surface area contributed by atoms with Gasteiger partial charge in [-0.1, -0.05) is 63.2 Å². The zero-order valence-corrected chi connectivity index (χ0v) is 13.4. The van der Waals surface area contributed by atoms with Crippen molar-refractivity contribution in [3.63, 3.8) is 0 Å². The highest BCUT2D eigenvalue weighted by Gasteiger charge is 2.14. The number of aromatic hydroxyl groups is 1. The first-order chi connectivity index (χ1) is 9.88. The van der Waals surface area contributed by atoms with Crippen LogP contribution in [0.1, 0.15) is 50.4 Å². The third kappa shape index (κ3) is 4.08. The summed E-state index contributed by atoms with van der Waals surface area (Å²) < 4.78 is 0. The SMILES string of the molecule is CC(NCc1ccccc1O)c1ccc(C(C)(C)C)cc1. The molecule has 0 bridgehead atoms. The molecule has 2 rings (SSSR count). The molecule has 2 nitrogen and oxygen atoms in total. The number of hydrogen-bond donors (Lipinski definition) is 2. The number of para-hydroxylation sites is 1. The molecular weight excluding hydrogens is 258 g/mol. The molecule has 0 aliphatic rings. The minimum atomic E-state index is 0.186. The van der Waals surface area contributed by atoms with Crippen molar-refractivity contribution in [3.05, 3.63) is 65.2 Å². The lowest BCUT2D eigenvalue weighted by atomic mass is 9.86. The van der Waals surface area contributed by atoms with Crippen molar-refractivity contribution in [2.75, 3.05) is 0 Å². The van der Waals surface area contributed by atoms with Gasteiger partial charge in [-0.25, -0.2) is 0 Å². The molecule has 0 aromatic heterocycles. The number of rotatable bonds is 4. The molecule has 2 heteroatoms. The van der Waals surface area contributed by atoms with Crippen molar-refractivity contribution in [1.29, 1.82) is 0 Å². The summed E-state index contributed by atoms with van der Waals surface area (Å²) in [6, 6.07) is 16.5. The molecule has 2 N–H and O–H groups in total. The maximum atomic E-state index is 9.78. The number of hydrogen-bond acceptors (Lipinski definition) is 2. The van der Waals surface area contributed by atoms with Crippen LogP contribution in [0.15, 0.2) is 48.5 Å². The van der Waals surface area contributed by atoms with Crippen LogP contribution in [0.25, 0.3) is 0 Å². The van der Waals surface area contributed by atoms with Gasteiger partial charge in [0.2, 0.25) is 0 Å². The van der Waals surface area contributed by atoms with Crippen molar-refractivity contribution >= 4 is 0 Å². The zero-order valence-electron chi connectivity index (χ0n) is 13.4. The first-order valence-corrected chi connectivity index (χ1v) is 7.48. The first-order valence-electron chi connectivity index (χ1n) is 7.48. The topological polar surface area (TPSA) is 32.3 Å². The summed E-state index contributed by atoms with van der Waals surface area (Å²) in [6.07, 6.45) is 0. The maximum Gasteiger partial charge on any atom is 0.120 e. The quantitative estimate of drug-likeness (QED) is 0.863. The van der Waals surface area contributed by atoms with Crippen LogP contribution >= 0.6 is 0 Å². The lowest BCUT2D eigenvalue weighted by Gasteiger charge is -2.21. The van der Waals surface area contributed by atoms with Crippen LogP contribution in [0.3, 0.4) is 0 Å². The predicted molar refractivity (Wildman–Crippen MR) is 88.5 cm³/mol. The fourth-order valence-corrected chi connectivity index (χ4v) is 2.31. The largest absolute Gasteiger partial charge is 0.508 e. The van der Waals surface area contributed by atoms with Gasteiger partial charge in [-0.05, 0) is 29.5 Å². The Hall–Kier alpha value is -1.80. The van der Waals surface area contributed by atoms with E-state index in [1.807, 2.05) is 18.2 Å². The summed E-state index contributed by atoms with van der Waals surface area (Å²) in [6.45, 7) is 9.48. The van der Waals surface area contributed by atoms with Gasteiger partial charge >= 0.3 is 0 Å². The molecule has 0 aliphatic heterocycles. The highest BCUT2D eigenvalue weighted by atomic mass is 16.3. The smallest absolute Gasteiger partial charge is 0.120 e. The number of phenolic OH excluding ortho intramolecular Hbond substituents is 1. The van der Waals surface area contributed by atoms with Gasteiger partial charge in [0.25, 0.3) is 0 Å². The molecule has 0 fully saturated rings. The zero-order chi connectivity index (χ0) is 15.5. The third-order valence-corrected chi connectivity index (χ3v) is 3.87. The Morgan fingerprint density at radius 1 is 1.00 bits per heavy atom. The van der Waals surface area contributed by atoms with Crippen molar-refractivity contribution < 1.29 is 5.11 Å². The minimum absolute atomic E-state index is 0.186. The van der Waals surface area contributed by atoms with E-state index in [4.69, 9.17) is 0 Å². The molecular formula is C19H25NO. The minimum Gasteiger partial charge on any atom is -0.508 e.